The molecule has 0 spiro atoms. The van der Waals surface area contributed by atoms with E-state index in [-0.39, 0.29) is 11.9 Å². The molecule has 0 bridgehead atoms. The molecule has 3 N–H and O–H groups in total. The molecule has 1 fully saturated rings. The molecule has 2 atom stereocenters. The van der Waals surface area contributed by atoms with E-state index in [1.54, 1.807) is 16.9 Å². The van der Waals surface area contributed by atoms with Crippen LogP contribution in [0.5, 0.6) is 0 Å². The number of rotatable bonds is 4. The van der Waals surface area contributed by atoms with Crippen molar-refractivity contribution in [2.24, 2.45) is 0 Å². The number of aromatic nitrogens is 4. The van der Waals surface area contributed by atoms with Gasteiger partial charge < -0.3 is 20.6 Å². The molecule has 0 saturated carbocycles. The van der Waals surface area contributed by atoms with Gasteiger partial charge in [-0.1, -0.05) is 36.4 Å². The van der Waals surface area contributed by atoms with Crippen molar-refractivity contribution in [3.63, 3.8) is 0 Å². The number of anilines is 4. The van der Waals surface area contributed by atoms with Gasteiger partial charge in [0.25, 0.3) is 0 Å². The van der Waals surface area contributed by atoms with E-state index in [2.05, 4.69) is 37.7 Å². The fourth-order valence-corrected chi connectivity index (χ4v) is 4.90. The van der Waals surface area contributed by atoms with Gasteiger partial charge in [-0.2, -0.15) is 4.98 Å². The van der Waals surface area contributed by atoms with Crippen LogP contribution < -0.4 is 15.5 Å². The Labute approximate surface area is 196 Å². The molecule has 2 aromatic heterocycles. The second kappa shape index (κ2) is 7.53. The van der Waals surface area contributed by atoms with Gasteiger partial charge in [0.05, 0.1) is 17.6 Å². The number of benzene rings is 2. The monoisotopic (exact) mass is 455 g/mol. The van der Waals surface area contributed by atoms with Gasteiger partial charge in [0.15, 0.2) is 11.5 Å². The normalized spacial score (nSPS) is 21.0. The van der Waals surface area contributed by atoms with E-state index in [0.717, 1.165) is 22.5 Å². The Hall–Kier alpha value is -3.98. The van der Waals surface area contributed by atoms with E-state index in [4.69, 9.17) is 4.98 Å². The van der Waals surface area contributed by atoms with Gasteiger partial charge in [-0.15, -0.1) is 5.10 Å². The Morgan fingerprint density at radius 2 is 2.00 bits per heavy atom. The minimum atomic E-state index is -0.550. The largest absolute Gasteiger partial charge is 0.391 e. The van der Waals surface area contributed by atoms with Gasteiger partial charge in [-0.25, -0.2) is 9.50 Å². The highest BCUT2D eigenvalue weighted by atomic mass is 16.3. The predicted molar refractivity (Wildman–Crippen MR) is 129 cm³/mol. The average Bonchev–Trinajstić information content (AvgIpc) is 3.47. The Morgan fingerprint density at radius 1 is 1.18 bits per heavy atom. The second-order valence-corrected chi connectivity index (χ2v) is 9.39. The summed E-state index contributed by atoms with van der Waals surface area (Å²) in [4.78, 5) is 23.7. The van der Waals surface area contributed by atoms with Gasteiger partial charge in [0, 0.05) is 30.3 Å². The summed E-state index contributed by atoms with van der Waals surface area (Å²) in [5.41, 5.74) is 3.73. The molecule has 1 amide bonds. The minimum Gasteiger partial charge on any atom is -0.391 e. The topological polar surface area (TPSA) is 108 Å². The van der Waals surface area contributed by atoms with Crippen molar-refractivity contribution in [1.29, 1.82) is 0 Å². The fraction of sp³-hybridized carbons (Fsp3) is 0.280. The predicted octanol–water partition coefficient (Wildman–Crippen LogP) is 3.41. The van der Waals surface area contributed by atoms with E-state index in [1.165, 1.54) is 0 Å². The number of hydrogen-bond acceptors (Lipinski definition) is 7. The van der Waals surface area contributed by atoms with E-state index >= 15 is 0 Å². The third kappa shape index (κ3) is 3.28. The molecule has 0 radical (unpaired) electrons. The zero-order valence-corrected chi connectivity index (χ0v) is 18.9. The molecule has 2 aromatic carbocycles. The molecule has 34 heavy (non-hydrogen) atoms. The lowest BCUT2D eigenvalue weighted by molar-refractivity contribution is -0.119. The van der Waals surface area contributed by atoms with Crippen LogP contribution in [0.1, 0.15) is 37.4 Å². The zero-order valence-electron chi connectivity index (χ0n) is 18.9. The van der Waals surface area contributed by atoms with Crippen LogP contribution in [0.25, 0.3) is 5.65 Å². The Morgan fingerprint density at radius 3 is 2.82 bits per heavy atom. The molecule has 0 unspecified atom stereocenters. The van der Waals surface area contributed by atoms with Gasteiger partial charge in [0.2, 0.25) is 11.9 Å². The van der Waals surface area contributed by atoms with Crippen molar-refractivity contribution < 1.29 is 9.90 Å². The summed E-state index contributed by atoms with van der Waals surface area (Å²) < 4.78 is 1.69. The van der Waals surface area contributed by atoms with Crippen LogP contribution in [-0.4, -0.2) is 43.2 Å². The van der Waals surface area contributed by atoms with E-state index < -0.39 is 11.5 Å². The highest BCUT2D eigenvalue weighted by Crippen LogP contribution is 2.39. The summed E-state index contributed by atoms with van der Waals surface area (Å²) in [6, 6.07) is 15.9. The van der Waals surface area contributed by atoms with Crippen molar-refractivity contribution in [3.8, 4) is 0 Å². The standard InChI is InChI=1S/C25H25N7O2/c1-25(2)18-9-8-16(12-19(18)28-23(25)34)27-24-29-22-21(26-10-11-32(22)30-24)31-14-17(33)13-20(31)15-6-4-3-5-7-15/h3-12,17,20,33H,13-14H2,1-2H3,(H,27,30)(H,28,34)/t17-,20-/m0/s1. The molecule has 0 aliphatic carbocycles. The van der Waals surface area contributed by atoms with Crippen LogP contribution in [-0.2, 0) is 10.2 Å². The third-order valence-electron chi connectivity index (χ3n) is 6.74. The Kier molecular flexibility index (Phi) is 4.56. The number of aliphatic hydroxyl groups is 1. The van der Waals surface area contributed by atoms with Crippen molar-refractivity contribution in [3.05, 3.63) is 72.1 Å². The summed E-state index contributed by atoms with van der Waals surface area (Å²) >= 11 is 0. The maximum absolute atomic E-state index is 12.3. The highest BCUT2D eigenvalue weighted by molar-refractivity contribution is 6.06. The lowest BCUT2D eigenvalue weighted by Crippen LogP contribution is -2.26. The highest BCUT2D eigenvalue weighted by Gasteiger charge is 2.38. The molecule has 1 saturated heterocycles. The molecule has 4 heterocycles. The summed E-state index contributed by atoms with van der Waals surface area (Å²) in [6.45, 7) is 4.30. The molecular formula is C25H25N7O2. The maximum Gasteiger partial charge on any atom is 0.247 e. The molecule has 9 heteroatoms. The minimum absolute atomic E-state index is 0.00619. The first-order chi connectivity index (χ1) is 16.4. The first-order valence-electron chi connectivity index (χ1n) is 11.3. The van der Waals surface area contributed by atoms with Crippen LogP contribution in [0.2, 0.25) is 0 Å². The number of aliphatic hydroxyl groups excluding tert-OH is 1. The van der Waals surface area contributed by atoms with E-state index in [1.807, 2.05) is 50.2 Å². The first kappa shape index (κ1) is 20.6. The number of hydrogen-bond donors (Lipinski definition) is 3. The van der Waals surface area contributed by atoms with Crippen molar-refractivity contribution in [2.45, 2.75) is 37.8 Å². The lowest BCUT2D eigenvalue weighted by atomic mass is 9.86. The number of carbonyl (C=O) groups is 1. The average molecular weight is 456 g/mol. The number of nitrogens with one attached hydrogen (secondary N) is 2. The molecule has 9 nitrogen and oxygen atoms in total. The number of amides is 1. The van der Waals surface area contributed by atoms with Crippen LogP contribution in [0, 0.1) is 0 Å². The van der Waals surface area contributed by atoms with Crippen LogP contribution >= 0.6 is 0 Å². The van der Waals surface area contributed by atoms with Gasteiger partial charge in [-0.05, 0) is 43.5 Å². The fourth-order valence-electron chi connectivity index (χ4n) is 4.90. The Balaban J connectivity index is 1.33. The lowest BCUT2D eigenvalue weighted by Gasteiger charge is -2.25. The van der Waals surface area contributed by atoms with Gasteiger partial charge in [0.1, 0.15) is 0 Å². The molecule has 6 rings (SSSR count). The number of carbonyl (C=O) groups excluding carboxylic acids is 1. The maximum atomic E-state index is 12.3. The van der Waals surface area contributed by atoms with Crippen molar-refractivity contribution >= 4 is 34.7 Å². The molecular weight excluding hydrogens is 430 g/mol. The smallest absolute Gasteiger partial charge is 0.247 e. The first-order valence-corrected chi connectivity index (χ1v) is 11.3. The van der Waals surface area contributed by atoms with E-state index in [0.29, 0.717) is 30.4 Å². The van der Waals surface area contributed by atoms with Gasteiger partial charge in [-0.3, -0.25) is 4.79 Å². The van der Waals surface area contributed by atoms with Gasteiger partial charge >= 0.3 is 0 Å². The molecule has 2 aliphatic rings. The molecule has 172 valence electrons. The van der Waals surface area contributed by atoms with Crippen LogP contribution in [0.3, 0.4) is 0 Å². The van der Waals surface area contributed by atoms with Crippen LogP contribution in [0.4, 0.5) is 23.1 Å². The Bertz CT molecular complexity index is 1400. The van der Waals surface area contributed by atoms with Crippen molar-refractivity contribution in [2.75, 3.05) is 22.1 Å². The summed E-state index contributed by atoms with van der Waals surface area (Å²) in [5, 5.41) is 21.2. The number of β-amino-alcohol motifs (C(OH)–C–C–N with tert-alkyl or cyclic N) is 1. The van der Waals surface area contributed by atoms with Crippen molar-refractivity contribution in [1.82, 2.24) is 19.6 Å². The number of nitrogens with zero attached hydrogens (tertiary/aromatic N) is 5. The summed E-state index contributed by atoms with van der Waals surface area (Å²) in [6.07, 6.45) is 3.63. The third-order valence-corrected chi connectivity index (χ3v) is 6.74. The number of fused-ring (bicyclic) bond motifs is 2. The zero-order chi connectivity index (χ0) is 23.4. The second-order valence-electron chi connectivity index (χ2n) is 9.39. The summed E-state index contributed by atoms with van der Waals surface area (Å²) in [7, 11) is 0. The molecule has 4 aromatic rings. The SMILES string of the molecule is CC1(C)C(=O)Nc2cc(Nc3nc4c(N5C[C@@H](O)C[C@H]5c5ccccc5)nccn4n3)ccc21. The molecule has 2 aliphatic heterocycles. The quantitative estimate of drug-likeness (QED) is 0.433. The van der Waals surface area contributed by atoms with Crippen LogP contribution in [0.15, 0.2) is 60.9 Å². The van der Waals surface area contributed by atoms with E-state index in [9.17, 15) is 9.90 Å². The summed E-state index contributed by atoms with van der Waals surface area (Å²) in [5.74, 6) is 1.09.